The van der Waals surface area contributed by atoms with Gasteiger partial charge in [-0.05, 0) is 42.1 Å². The Hall–Kier alpha value is -3.88. The average molecular weight is 469 g/mol. The monoisotopic (exact) mass is 468 g/mol. The molecule has 0 aliphatic carbocycles. The minimum Gasteiger partial charge on any atom is -0.497 e. The van der Waals surface area contributed by atoms with Gasteiger partial charge in [0, 0.05) is 18.0 Å². The maximum Gasteiger partial charge on any atom is 0.328 e. The molecule has 0 fully saturated rings. The van der Waals surface area contributed by atoms with Crippen molar-refractivity contribution in [3.8, 4) is 5.75 Å². The highest BCUT2D eigenvalue weighted by Gasteiger charge is 2.35. The van der Waals surface area contributed by atoms with E-state index in [1.807, 2.05) is 30.3 Å². The SMILES string of the molecule is COc1ccc(CN(C(=O)[C@H](CCN=[N+]=[N-])C(C)=O)C(COCc2ccccc2)C(=O)O)cc1. The Bertz CT molecular complexity index is 1010. The lowest BCUT2D eigenvalue weighted by Crippen LogP contribution is -2.50. The smallest absolute Gasteiger partial charge is 0.328 e. The molecule has 1 unspecified atom stereocenters. The number of carboxylic acids is 1. The molecule has 1 amide bonds. The number of carbonyl (C=O) groups excluding carboxylic acids is 2. The second kappa shape index (κ2) is 13.6. The Kier molecular flexibility index (Phi) is 10.6. The molecule has 0 heterocycles. The van der Waals surface area contributed by atoms with Crippen LogP contribution in [0.3, 0.4) is 0 Å². The summed E-state index contributed by atoms with van der Waals surface area (Å²) < 4.78 is 10.8. The van der Waals surface area contributed by atoms with Crippen molar-refractivity contribution < 1.29 is 29.0 Å². The standard InChI is InChI=1S/C24H28N4O6/c1-17(29)21(12-13-26-27-25)23(30)28(14-18-8-10-20(33-2)11-9-18)22(24(31)32)16-34-15-19-6-4-3-5-7-19/h3-11,21-22H,12-16H2,1-2H3,(H,31,32)/t21-,22?/m1/s1. The lowest BCUT2D eigenvalue weighted by Gasteiger charge is -2.31. The summed E-state index contributed by atoms with van der Waals surface area (Å²) in [5, 5.41) is 13.3. The molecule has 0 aliphatic heterocycles. The zero-order chi connectivity index (χ0) is 24.9. The number of ketones is 1. The number of methoxy groups -OCH3 is 1. The summed E-state index contributed by atoms with van der Waals surface area (Å²) in [6.45, 7) is 1.03. The minimum atomic E-state index is -1.33. The number of benzene rings is 2. The molecule has 2 rings (SSSR count). The van der Waals surface area contributed by atoms with Crippen molar-refractivity contribution in [1.29, 1.82) is 0 Å². The fourth-order valence-electron chi connectivity index (χ4n) is 3.36. The third-order valence-corrected chi connectivity index (χ3v) is 5.21. The summed E-state index contributed by atoms with van der Waals surface area (Å²) in [7, 11) is 1.52. The molecule has 0 bridgehead atoms. The van der Waals surface area contributed by atoms with Crippen LogP contribution < -0.4 is 4.74 Å². The molecule has 0 radical (unpaired) electrons. The summed E-state index contributed by atoms with van der Waals surface area (Å²) in [5.74, 6) is -2.88. The second-order valence-electron chi connectivity index (χ2n) is 7.58. The zero-order valence-corrected chi connectivity index (χ0v) is 19.2. The maximum atomic E-state index is 13.4. The molecular formula is C24H28N4O6. The number of rotatable bonds is 14. The van der Waals surface area contributed by atoms with Gasteiger partial charge in [-0.3, -0.25) is 9.59 Å². The van der Waals surface area contributed by atoms with Gasteiger partial charge in [0.1, 0.15) is 11.5 Å². The van der Waals surface area contributed by atoms with Crippen LogP contribution in [0.15, 0.2) is 59.7 Å². The number of amides is 1. The number of hydrogen-bond acceptors (Lipinski definition) is 6. The number of azide groups is 1. The third kappa shape index (κ3) is 7.91. The number of carboxylic acid groups (broad SMARTS) is 1. The van der Waals surface area contributed by atoms with E-state index in [4.69, 9.17) is 15.0 Å². The fraction of sp³-hybridized carbons (Fsp3) is 0.375. The summed E-state index contributed by atoms with van der Waals surface area (Å²) in [6, 6.07) is 14.7. The van der Waals surface area contributed by atoms with Crippen molar-refractivity contribution in [2.75, 3.05) is 20.3 Å². The van der Waals surface area contributed by atoms with Gasteiger partial charge in [0.2, 0.25) is 5.91 Å². The number of aliphatic carboxylic acids is 1. The van der Waals surface area contributed by atoms with Gasteiger partial charge in [-0.1, -0.05) is 47.6 Å². The van der Waals surface area contributed by atoms with E-state index in [0.717, 1.165) is 10.5 Å². The van der Waals surface area contributed by atoms with Crippen LogP contribution in [0.5, 0.6) is 5.75 Å². The first-order valence-electron chi connectivity index (χ1n) is 10.7. The molecule has 34 heavy (non-hydrogen) atoms. The quantitative estimate of drug-likeness (QED) is 0.194. The lowest BCUT2D eigenvalue weighted by molar-refractivity contribution is -0.157. The van der Waals surface area contributed by atoms with E-state index in [0.29, 0.717) is 11.3 Å². The largest absolute Gasteiger partial charge is 0.497 e. The molecule has 0 saturated heterocycles. The summed E-state index contributed by atoms with van der Waals surface area (Å²) in [5.41, 5.74) is 10.0. The Labute approximate surface area is 197 Å². The topological polar surface area (TPSA) is 142 Å². The van der Waals surface area contributed by atoms with Crippen molar-refractivity contribution >= 4 is 17.7 Å². The van der Waals surface area contributed by atoms with Gasteiger partial charge in [0.25, 0.3) is 0 Å². The van der Waals surface area contributed by atoms with E-state index in [2.05, 4.69) is 10.0 Å². The van der Waals surface area contributed by atoms with Crippen LogP contribution in [0.25, 0.3) is 10.4 Å². The predicted octanol–water partition coefficient (Wildman–Crippen LogP) is 3.60. The Balaban J connectivity index is 2.30. The van der Waals surface area contributed by atoms with Crippen molar-refractivity contribution in [1.82, 2.24) is 4.90 Å². The number of ether oxygens (including phenoxy) is 2. The van der Waals surface area contributed by atoms with Crippen LogP contribution >= 0.6 is 0 Å². The molecule has 10 nitrogen and oxygen atoms in total. The van der Waals surface area contributed by atoms with E-state index in [1.54, 1.807) is 24.3 Å². The highest BCUT2D eigenvalue weighted by atomic mass is 16.5. The first-order chi connectivity index (χ1) is 16.4. The van der Waals surface area contributed by atoms with Crippen LogP contribution in [-0.4, -0.2) is 54.0 Å². The highest BCUT2D eigenvalue weighted by molar-refractivity contribution is 6.01. The molecule has 10 heteroatoms. The third-order valence-electron chi connectivity index (χ3n) is 5.21. The van der Waals surface area contributed by atoms with Gasteiger partial charge in [-0.25, -0.2) is 4.79 Å². The normalized spacial score (nSPS) is 12.2. The van der Waals surface area contributed by atoms with Gasteiger partial charge in [-0.2, -0.15) is 0 Å². The average Bonchev–Trinajstić information content (AvgIpc) is 2.83. The van der Waals surface area contributed by atoms with Crippen molar-refractivity contribution in [2.24, 2.45) is 11.0 Å². The molecule has 2 aromatic rings. The molecule has 0 spiro atoms. The van der Waals surface area contributed by atoms with E-state index < -0.39 is 29.6 Å². The van der Waals surface area contributed by atoms with Crippen molar-refractivity contribution in [3.63, 3.8) is 0 Å². The number of Topliss-reactive ketones (excluding diaryl/α,β-unsaturated/α-hetero) is 1. The molecule has 1 N–H and O–H groups in total. The van der Waals surface area contributed by atoms with Crippen LogP contribution in [-0.2, 0) is 32.3 Å². The van der Waals surface area contributed by atoms with Crippen LogP contribution in [0.2, 0.25) is 0 Å². The summed E-state index contributed by atoms with van der Waals surface area (Å²) in [4.78, 5) is 41.6. The molecule has 0 saturated carbocycles. The maximum absolute atomic E-state index is 13.4. The zero-order valence-electron chi connectivity index (χ0n) is 19.2. The lowest BCUT2D eigenvalue weighted by atomic mass is 9.98. The molecule has 180 valence electrons. The Morgan fingerprint density at radius 2 is 1.76 bits per heavy atom. The number of nitrogens with zero attached hydrogens (tertiary/aromatic N) is 4. The van der Waals surface area contributed by atoms with Gasteiger partial charge < -0.3 is 19.5 Å². The predicted molar refractivity (Wildman–Crippen MR) is 124 cm³/mol. The van der Waals surface area contributed by atoms with Crippen LogP contribution in [0.4, 0.5) is 0 Å². The van der Waals surface area contributed by atoms with Gasteiger partial charge in [-0.15, -0.1) is 0 Å². The number of hydrogen-bond donors (Lipinski definition) is 1. The van der Waals surface area contributed by atoms with E-state index in [1.165, 1.54) is 14.0 Å². The Morgan fingerprint density at radius 3 is 2.32 bits per heavy atom. The van der Waals surface area contributed by atoms with Gasteiger partial charge in [0.15, 0.2) is 6.04 Å². The summed E-state index contributed by atoms with van der Waals surface area (Å²) in [6.07, 6.45) is -0.0193. The molecule has 2 aromatic carbocycles. The van der Waals surface area contributed by atoms with E-state index >= 15 is 0 Å². The second-order valence-corrected chi connectivity index (χ2v) is 7.58. The molecule has 0 aliphatic rings. The van der Waals surface area contributed by atoms with E-state index in [-0.39, 0.29) is 32.7 Å². The van der Waals surface area contributed by atoms with Crippen LogP contribution in [0.1, 0.15) is 24.5 Å². The van der Waals surface area contributed by atoms with E-state index in [9.17, 15) is 19.5 Å². The van der Waals surface area contributed by atoms with Crippen molar-refractivity contribution in [3.05, 3.63) is 76.2 Å². The highest BCUT2D eigenvalue weighted by Crippen LogP contribution is 2.19. The van der Waals surface area contributed by atoms with Gasteiger partial charge >= 0.3 is 5.97 Å². The Morgan fingerprint density at radius 1 is 1.09 bits per heavy atom. The summed E-state index contributed by atoms with van der Waals surface area (Å²) >= 11 is 0. The number of carbonyl (C=O) groups is 3. The fourth-order valence-corrected chi connectivity index (χ4v) is 3.36. The van der Waals surface area contributed by atoms with Gasteiger partial charge in [0.05, 0.1) is 26.2 Å². The van der Waals surface area contributed by atoms with Crippen molar-refractivity contribution in [2.45, 2.75) is 32.5 Å². The minimum absolute atomic E-state index is 0.0193. The molecule has 0 aromatic heterocycles. The first-order valence-corrected chi connectivity index (χ1v) is 10.7. The molecule has 2 atom stereocenters. The first kappa shape index (κ1) is 26.4. The molecular weight excluding hydrogens is 440 g/mol. The van der Waals surface area contributed by atoms with Crippen LogP contribution in [0, 0.1) is 5.92 Å².